The highest BCUT2D eigenvalue weighted by molar-refractivity contribution is 8.33. The lowest BCUT2D eigenvalue weighted by atomic mass is 10.3. The van der Waals surface area contributed by atoms with Crippen LogP contribution >= 0.6 is 10.0 Å². The van der Waals surface area contributed by atoms with Gasteiger partial charge in [0.1, 0.15) is 17.2 Å². The minimum absolute atomic E-state index is 0.880. The molecule has 0 saturated heterocycles. The zero-order valence-electron chi connectivity index (χ0n) is 13.2. The van der Waals surface area contributed by atoms with Crippen LogP contribution in [0.3, 0.4) is 0 Å². The quantitative estimate of drug-likeness (QED) is 0.601. The second-order valence-corrected chi connectivity index (χ2v) is 8.78. The Bertz CT molecular complexity index is 810. The van der Waals surface area contributed by atoms with E-state index in [1.807, 2.05) is 24.3 Å². The zero-order valence-corrected chi connectivity index (χ0v) is 14.0. The molecule has 0 aromatic heterocycles. The number of methoxy groups -OCH3 is 1. The number of rotatable bonds is 2. The zero-order chi connectivity index (χ0) is 15.9. The molecule has 0 spiro atoms. The Balaban J connectivity index is 1.98. The fraction of sp³-hybridized carbons (Fsp3) is 0.100. The maximum Gasteiger partial charge on any atom is 0.140 e. The first-order chi connectivity index (χ1) is 11.2. The molecule has 0 N–H and O–H groups in total. The Labute approximate surface area is 138 Å². The third-order valence-corrected chi connectivity index (χ3v) is 7.98. The molecule has 3 aromatic rings. The maximum atomic E-state index is 6.14. The van der Waals surface area contributed by atoms with Crippen molar-refractivity contribution in [2.75, 3.05) is 13.4 Å². The standard InChI is InChI=1S/C20H18O2S/c1-21-15-11-13-16(14-12-15)23(2)19-9-5-3-7-17(19)22-18-8-4-6-10-20(18)23/h3-14H,1-2H3. The highest BCUT2D eigenvalue weighted by Crippen LogP contribution is 2.72. The van der Waals surface area contributed by atoms with Crippen LogP contribution in [0.15, 0.2) is 87.5 Å². The number of hydrogen-bond acceptors (Lipinski definition) is 2. The van der Waals surface area contributed by atoms with E-state index in [0.29, 0.717) is 0 Å². The van der Waals surface area contributed by atoms with Gasteiger partial charge in [0.25, 0.3) is 0 Å². The second-order valence-electron chi connectivity index (χ2n) is 5.59. The fourth-order valence-corrected chi connectivity index (χ4v) is 6.23. The molecule has 23 heavy (non-hydrogen) atoms. The molecule has 2 nitrogen and oxygen atoms in total. The lowest BCUT2D eigenvalue weighted by Gasteiger charge is -2.42. The minimum atomic E-state index is -1.34. The molecule has 0 unspecified atom stereocenters. The van der Waals surface area contributed by atoms with E-state index in [9.17, 15) is 0 Å². The number of ether oxygens (including phenoxy) is 2. The average molecular weight is 322 g/mol. The normalized spacial score (nSPS) is 15.7. The summed E-state index contributed by atoms with van der Waals surface area (Å²) in [5, 5.41) is 0. The van der Waals surface area contributed by atoms with Crippen molar-refractivity contribution in [3.05, 3.63) is 72.8 Å². The van der Waals surface area contributed by atoms with E-state index in [2.05, 4.69) is 54.8 Å². The first-order valence-electron chi connectivity index (χ1n) is 7.52. The Hall–Kier alpha value is -2.39. The first kappa shape index (κ1) is 14.2. The summed E-state index contributed by atoms with van der Waals surface area (Å²) >= 11 is 0. The maximum absolute atomic E-state index is 6.14. The average Bonchev–Trinajstić information content (AvgIpc) is 2.62. The lowest BCUT2D eigenvalue weighted by molar-refractivity contribution is 0.414. The molecule has 0 bridgehead atoms. The fourth-order valence-electron chi connectivity index (χ4n) is 3.08. The van der Waals surface area contributed by atoms with Crippen molar-refractivity contribution in [3.8, 4) is 17.2 Å². The Kier molecular flexibility index (Phi) is 3.31. The molecule has 1 aliphatic heterocycles. The van der Waals surface area contributed by atoms with Gasteiger partial charge < -0.3 is 9.47 Å². The minimum Gasteiger partial charge on any atom is -0.497 e. The van der Waals surface area contributed by atoms with Gasteiger partial charge >= 0.3 is 0 Å². The third kappa shape index (κ3) is 2.12. The Morgan fingerprint density at radius 1 is 0.739 bits per heavy atom. The largest absolute Gasteiger partial charge is 0.497 e. The molecule has 0 amide bonds. The summed E-state index contributed by atoms with van der Waals surface area (Å²) in [5.74, 6) is 2.80. The topological polar surface area (TPSA) is 18.5 Å². The van der Waals surface area contributed by atoms with Crippen LogP contribution < -0.4 is 9.47 Å². The van der Waals surface area contributed by atoms with E-state index >= 15 is 0 Å². The second kappa shape index (κ2) is 5.36. The summed E-state index contributed by atoms with van der Waals surface area (Å²) in [4.78, 5) is 3.84. The van der Waals surface area contributed by atoms with E-state index in [1.54, 1.807) is 7.11 Å². The van der Waals surface area contributed by atoms with E-state index in [0.717, 1.165) is 17.2 Å². The van der Waals surface area contributed by atoms with Crippen molar-refractivity contribution < 1.29 is 9.47 Å². The Morgan fingerprint density at radius 3 is 1.78 bits per heavy atom. The third-order valence-electron chi connectivity index (χ3n) is 4.33. The monoisotopic (exact) mass is 322 g/mol. The van der Waals surface area contributed by atoms with Crippen molar-refractivity contribution >= 4 is 10.0 Å². The SMILES string of the molecule is COc1ccc(S2(C)c3ccccc3Oc3ccccc32)cc1. The molecule has 1 aliphatic rings. The number of hydrogen-bond donors (Lipinski definition) is 0. The predicted molar refractivity (Wildman–Crippen MR) is 94.3 cm³/mol. The lowest BCUT2D eigenvalue weighted by Crippen LogP contribution is -2.09. The van der Waals surface area contributed by atoms with Gasteiger partial charge in [-0.15, -0.1) is 0 Å². The summed E-state index contributed by atoms with van der Waals surface area (Å²) in [6.45, 7) is 0. The van der Waals surface area contributed by atoms with Gasteiger partial charge in [0, 0.05) is 9.79 Å². The van der Waals surface area contributed by atoms with E-state index in [1.165, 1.54) is 14.7 Å². The predicted octanol–water partition coefficient (Wildman–Crippen LogP) is 5.71. The first-order valence-corrected chi connectivity index (χ1v) is 9.56. The summed E-state index contributed by atoms with van der Waals surface area (Å²) in [7, 11) is 0.354. The number of fused-ring (bicyclic) bond motifs is 2. The van der Waals surface area contributed by atoms with Crippen molar-refractivity contribution in [1.29, 1.82) is 0 Å². The van der Waals surface area contributed by atoms with Crippen LogP contribution in [0.25, 0.3) is 0 Å². The summed E-state index contributed by atoms with van der Waals surface area (Å²) in [6, 6.07) is 25.1. The van der Waals surface area contributed by atoms with Gasteiger partial charge in [0.15, 0.2) is 0 Å². The highest BCUT2D eigenvalue weighted by atomic mass is 32.3. The molecule has 116 valence electrons. The van der Waals surface area contributed by atoms with Crippen molar-refractivity contribution in [2.45, 2.75) is 14.7 Å². The smallest absolute Gasteiger partial charge is 0.140 e. The van der Waals surface area contributed by atoms with Crippen LogP contribution in [0.1, 0.15) is 0 Å². The van der Waals surface area contributed by atoms with Gasteiger partial charge in [-0.2, -0.15) is 10.0 Å². The van der Waals surface area contributed by atoms with Gasteiger partial charge in [-0.3, -0.25) is 0 Å². The molecular formula is C20H18O2S. The van der Waals surface area contributed by atoms with E-state index in [-0.39, 0.29) is 0 Å². The van der Waals surface area contributed by atoms with Gasteiger partial charge in [-0.05, 0) is 59.7 Å². The van der Waals surface area contributed by atoms with Gasteiger partial charge in [0.05, 0.1) is 7.11 Å². The van der Waals surface area contributed by atoms with Crippen LogP contribution in [0, 0.1) is 0 Å². The summed E-state index contributed by atoms with van der Waals surface area (Å²) < 4.78 is 11.4. The van der Waals surface area contributed by atoms with Gasteiger partial charge in [-0.25, -0.2) is 0 Å². The van der Waals surface area contributed by atoms with Crippen LogP contribution in [-0.4, -0.2) is 13.4 Å². The molecule has 1 heterocycles. The van der Waals surface area contributed by atoms with E-state index in [4.69, 9.17) is 9.47 Å². The van der Waals surface area contributed by atoms with Crippen LogP contribution in [0.5, 0.6) is 17.2 Å². The van der Waals surface area contributed by atoms with Gasteiger partial charge in [-0.1, -0.05) is 24.3 Å². The summed E-state index contributed by atoms with van der Waals surface area (Å²) in [6.07, 6.45) is 2.34. The molecule has 3 heteroatoms. The molecule has 4 rings (SSSR count). The van der Waals surface area contributed by atoms with Crippen LogP contribution in [0.2, 0.25) is 0 Å². The highest BCUT2D eigenvalue weighted by Gasteiger charge is 2.35. The number of para-hydroxylation sites is 2. The van der Waals surface area contributed by atoms with Crippen molar-refractivity contribution in [3.63, 3.8) is 0 Å². The number of benzene rings is 3. The summed E-state index contributed by atoms with van der Waals surface area (Å²) in [5.41, 5.74) is 0. The van der Waals surface area contributed by atoms with Crippen LogP contribution in [0.4, 0.5) is 0 Å². The van der Waals surface area contributed by atoms with Crippen molar-refractivity contribution in [1.82, 2.24) is 0 Å². The van der Waals surface area contributed by atoms with Gasteiger partial charge in [0.2, 0.25) is 0 Å². The van der Waals surface area contributed by atoms with Crippen molar-refractivity contribution in [2.24, 2.45) is 0 Å². The van der Waals surface area contributed by atoms with Crippen LogP contribution in [-0.2, 0) is 0 Å². The van der Waals surface area contributed by atoms with E-state index < -0.39 is 10.0 Å². The molecule has 0 aliphatic carbocycles. The molecular weight excluding hydrogens is 304 g/mol. The molecule has 0 fully saturated rings. The Morgan fingerprint density at radius 2 is 1.26 bits per heavy atom. The molecule has 3 aromatic carbocycles. The molecule has 0 saturated carbocycles. The molecule has 0 radical (unpaired) electrons. The molecule has 0 atom stereocenters.